The molecule has 6 nitrogen and oxygen atoms in total. The van der Waals surface area contributed by atoms with Crippen molar-refractivity contribution in [1.82, 2.24) is 20.0 Å². The van der Waals surface area contributed by atoms with Crippen molar-refractivity contribution in [3.05, 3.63) is 12.1 Å². The lowest BCUT2D eigenvalue weighted by molar-refractivity contribution is 0.122. The van der Waals surface area contributed by atoms with Crippen molar-refractivity contribution >= 4 is 23.9 Å². The Morgan fingerprint density at radius 1 is 1.38 bits per heavy atom. The van der Waals surface area contributed by atoms with Gasteiger partial charge in [0.2, 0.25) is 0 Å². The molecule has 0 fully saturated rings. The summed E-state index contributed by atoms with van der Waals surface area (Å²) in [7, 11) is -1.75. The van der Waals surface area contributed by atoms with Crippen molar-refractivity contribution in [2.45, 2.75) is 13.0 Å². The third-order valence-corrected chi connectivity index (χ3v) is 1.96. The highest BCUT2D eigenvalue weighted by Crippen LogP contribution is 2.07. The number of fused-ring (bicyclic) bond motifs is 1. The Morgan fingerprint density at radius 3 is 2.75 bits per heavy atom. The molecule has 0 aliphatic rings. The van der Waals surface area contributed by atoms with Crippen molar-refractivity contribution in [3.63, 3.8) is 0 Å². The molecule has 2 heterocycles. The number of nitrogens with zero attached hydrogens (tertiary/aromatic N) is 4. The van der Waals surface area contributed by atoms with Crippen LogP contribution in [-0.4, -0.2) is 43.6 Å². The first-order valence-corrected chi connectivity index (χ1v) is 4.42. The number of halogens is 2. The predicted octanol–water partition coefficient (Wildman–Crippen LogP) is -1.23. The van der Waals surface area contributed by atoms with Crippen LogP contribution in [0.4, 0.5) is 8.78 Å². The fourth-order valence-electron chi connectivity index (χ4n) is 1.27. The summed E-state index contributed by atoms with van der Waals surface area (Å²) in [5.74, 6) is 0. The lowest BCUT2D eigenvalue weighted by atomic mass is 9.86. The summed E-state index contributed by atoms with van der Waals surface area (Å²) in [4.78, 5) is 3.79. The first kappa shape index (κ1) is 10.9. The van der Waals surface area contributed by atoms with Crippen LogP contribution in [0.2, 0.25) is 0 Å². The molecule has 0 saturated carbocycles. The maximum Gasteiger partial charge on any atom is 0.508 e. The summed E-state index contributed by atoms with van der Waals surface area (Å²) in [6.07, 6.45) is -2.57. The van der Waals surface area contributed by atoms with Crippen LogP contribution in [0, 0.1) is 0 Å². The smallest absolute Gasteiger partial charge is 0.422 e. The van der Waals surface area contributed by atoms with Crippen LogP contribution in [0.5, 0.6) is 0 Å². The van der Waals surface area contributed by atoms with E-state index in [2.05, 4.69) is 15.3 Å². The quantitative estimate of drug-likeness (QED) is 0.642. The Bertz CT molecular complexity index is 504. The van der Waals surface area contributed by atoms with Gasteiger partial charge in [-0.05, 0) is 12.1 Å². The number of aromatic nitrogens is 4. The van der Waals surface area contributed by atoms with Crippen LogP contribution in [0.3, 0.4) is 0 Å². The van der Waals surface area contributed by atoms with E-state index in [1.54, 1.807) is 0 Å². The fourth-order valence-corrected chi connectivity index (χ4v) is 1.27. The van der Waals surface area contributed by atoms with E-state index in [1.807, 2.05) is 0 Å². The van der Waals surface area contributed by atoms with Crippen molar-refractivity contribution < 1.29 is 18.8 Å². The van der Waals surface area contributed by atoms with Crippen molar-refractivity contribution in [2.75, 3.05) is 0 Å². The average Bonchev–Trinajstić information content (AvgIpc) is 2.60. The Balaban J connectivity index is 2.47. The van der Waals surface area contributed by atoms with E-state index in [0.717, 1.165) is 4.68 Å². The Kier molecular flexibility index (Phi) is 2.79. The van der Waals surface area contributed by atoms with Gasteiger partial charge in [-0.1, -0.05) is 5.21 Å². The van der Waals surface area contributed by atoms with Crippen LogP contribution in [0.1, 0.15) is 0 Å². The molecule has 84 valence electrons. The molecule has 0 aliphatic carbocycles. The fraction of sp³-hybridized carbons (Fsp3) is 0.286. The molecule has 0 spiro atoms. The van der Waals surface area contributed by atoms with Gasteiger partial charge in [0, 0.05) is 0 Å². The minimum Gasteiger partial charge on any atom is -0.422 e. The van der Waals surface area contributed by atoms with Crippen LogP contribution in [-0.2, 0) is 6.54 Å². The first-order valence-electron chi connectivity index (χ1n) is 4.42. The molecule has 2 aromatic heterocycles. The minimum atomic E-state index is -2.57. The lowest BCUT2D eigenvalue weighted by Crippen LogP contribution is -2.32. The number of pyridine rings is 1. The number of hydrogen-bond acceptors (Lipinski definition) is 5. The lowest BCUT2D eigenvalue weighted by Gasteiger charge is -2.01. The molecule has 2 aromatic rings. The van der Waals surface area contributed by atoms with Crippen molar-refractivity contribution in [3.8, 4) is 0 Å². The molecule has 0 bridgehead atoms. The summed E-state index contributed by atoms with van der Waals surface area (Å²) < 4.78 is 25.3. The maximum absolute atomic E-state index is 12.2. The van der Waals surface area contributed by atoms with E-state index >= 15 is 0 Å². The number of alkyl halides is 2. The van der Waals surface area contributed by atoms with Gasteiger partial charge in [-0.25, -0.2) is 18.4 Å². The highest BCUT2D eigenvalue weighted by Gasteiger charge is 2.16. The molecule has 0 amide bonds. The van der Waals surface area contributed by atoms with Gasteiger partial charge < -0.3 is 10.0 Å². The minimum absolute atomic E-state index is 0.0367. The van der Waals surface area contributed by atoms with E-state index in [4.69, 9.17) is 10.0 Å². The largest absolute Gasteiger partial charge is 0.508 e. The van der Waals surface area contributed by atoms with Gasteiger partial charge in [0.25, 0.3) is 6.43 Å². The highest BCUT2D eigenvalue weighted by atomic mass is 19.3. The van der Waals surface area contributed by atoms with Gasteiger partial charge >= 0.3 is 7.12 Å². The van der Waals surface area contributed by atoms with E-state index in [0.29, 0.717) is 5.52 Å². The van der Waals surface area contributed by atoms with Gasteiger partial charge in [-0.15, -0.1) is 5.10 Å². The topological polar surface area (TPSA) is 84.1 Å². The van der Waals surface area contributed by atoms with Crippen LogP contribution < -0.4 is 5.59 Å². The Hall–Kier alpha value is -1.61. The van der Waals surface area contributed by atoms with E-state index < -0.39 is 20.1 Å². The molecule has 0 atom stereocenters. The van der Waals surface area contributed by atoms with E-state index in [1.165, 1.54) is 12.1 Å². The van der Waals surface area contributed by atoms with E-state index in [9.17, 15) is 8.78 Å². The second kappa shape index (κ2) is 4.10. The summed E-state index contributed by atoms with van der Waals surface area (Å²) in [5, 5.41) is 24.9. The molecule has 0 aliphatic heterocycles. The molecule has 2 N–H and O–H groups in total. The zero-order valence-electron chi connectivity index (χ0n) is 7.96. The van der Waals surface area contributed by atoms with Crippen molar-refractivity contribution in [1.29, 1.82) is 0 Å². The molecule has 0 unspecified atom stereocenters. The molecule has 2 rings (SSSR count). The van der Waals surface area contributed by atoms with Gasteiger partial charge in [-0.2, -0.15) is 0 Å². The van der Waals surface area contributed by atoms with Gasteiger partial charge in [0.05, 0.1) is 5.59 Å². The Morgan fingerprint density at radius 2 is 2.12 bits per heavy atom. The highest BCUT2D eigenvalue weighted by molar-refractivity contribution is 6.57. The zero-order valence-corrected chi connectivity index (χ0v) is 7.96. The van der Waals surface area contributed by atoms with Gasteiger partial charge in [0.1, 0.15) is 12.1 Å². The number of hydrogen-bond donors (Lipinski definition) is 2. The first-order chi connectivity index (χ1) is 7.58. The molecule has 0 saturated heterocycles. The average molecular weight is 228 g/mol. The second-order valence-electron chi connectivity index (χ2n) is 3.12. The molecule has 16 heavy (non-hydrogen) atoms. The zero-order chi connectivity index (χ0) is 11.7. The molecular formula is C7H7BF2N4O2. The second-order valence-corrected chi connectivity index (χ2v) is 3.12. The summed E-state index contributed by atoms with van der Waals surface area (Å²) in [6, 6.07) is 2.78. The van der Waals surface area contributed by atoms with Crippen molar-refractivity contribution in [2.24, 2.45) is 0 Å². The molecular weight excluding hydrogens is 221 g/mol. The standard InChI is InChI=1S/C7H7BF2N4O2/c9-6(10)3-14-7-4(12-13-14)1-2-5(11-7)8(15)16/h1-2,6,15-16H,3H2. The van der Waals surface area contributed by atoms with Gasteiger partial charge in [-0.3, -0.25) is 0 Å². The predicted molar refractivity (Wildman–Crippen MR) is 51.2 cm³/mol. The van der Waals surface area contributed by atoms with Crippen LogP contribution >= 0.6 is 0 Å². The third kappa shape index (κ3) is 2.00. The Labute approximate surface area is 88.7 Å². The van der Waals surface area contributed by atoms with Gasteiger partial charge in [0.15, 0.2) is 5.65 Å². The van der Waals surface area contributed by atoms with Crippen LogP contribution in [0.25, 0.3) is 11.2 Å². The molecule has 9 heteroatoms. The van der Waals surface area contributed by atoms with Crippen LogP contribution in [0.15, 0.2) is 12.1 Å². The van der Waals surface area contributed by atoms with E-state index in [-0.39, 0.29) is 11.2 Å². The summed E-state index contributed by atoms with van der Waals surface area (Å²) >= 11 is 0. The monoisotopic (exact) mass is 228 g/mol. The summed E-state index contributed by atoms with van der Waals surface area (Å²) in [6.45, 7) is -0.630. The summed E-state index contributed by atoms with van der Waals surface area (Å²) in [5.41, 5.74) is 0.390. The third-order valence-electron chi connectivity index (χ3n) is 1.96. The molecule has 0 radical (unpaired) electrons. The maximum atomic E-state index is 12.2. The SMILES string of the molecule is OB(O)c1ccc2nnn(CC(F)F)c2n1. The number of rotatable bonds is 3. The molecule has 0 aromatic carbocycles. The normalized spacial score (nSPS) is 11.3.